The van der Waals surface area contributed by atoms with Crippen LogP contribution in [0.5, 0.6) is 0 Å². The fourth-order valence-corrected chi connectivity index (χ4v) is 2.30. The van der Waals surface area contributed by atoms with E-state index in [0.717, 1.165) is 19.5 Å². The summed E-state index contributed by atoms with van der Waals surface area (Å²) in [6.07, 6.45) is 0.896. The van der Waals surface area contributed by atoms with Gasteiger partial charge in [-0.1, -0.05) is 12.1 Å². The first-order valence-electron chi connectivity index (χ1n) is 6.69. The third kappa shape index (κ3) is 3.27. The molecule has 1 saturated heterocycles. The summed E-state index contributed by atoms with van der Waals surface area (Å²) in [5.41, 5.74) is 1.13. The molecule has 6 nitrogen and oxygen atoms in total. The highest BCUT2D eigenvalue weighted by molar-refractivity contribution is 6.01. The molecule has 0 saturated carbocycles. The zero-order valence-electron chi connectivity index (χ0n) is 11.5. The van der Waals surface area contributed by atoms with Crippen molar-refractivity contribution in [3.8, 4) is 0 Å². The van der Waals surface area contributed by atoms with Crippen molar-refractivity contribution in [3.63, 3.8) is 0 Å². The van der Waals surface area contributed by atoms with Crippen molar-refractivity contribution in [2.45, 2.75) is 13.3 Å². The number of carboxylic acids is 1. The number of nitrogens with zero attached hydrogens (tertiary/aromatic N) is 1. The van der Waals surface area contributed by atoms with Gasteiger partial charge in [-0.25, -0.2) is 9.59 Å². The molecule has 1 aliphatic heterocycles. The van der Waals surface area contributed by atoms with Gasteiger partial charge in [-0.05, 0) is 31.5 Å². The number of carbonyl (C=O) groups is 2. The van der Waals surface area contributed by atoms with Gasteiger partial charge >= 0.3 is 12.0 Å². The van der Waals surface area contributed by atoms with Gasteiger partial charge in [-0.15, -0.1) is 0 Å². The highest BCUT2D eigenvalue weighted by Gasteiger charge is 2.19. The molecule has 3 N–H and O–H groups in total. The van der Waals surface area contributed by atoms with E-state index < -0.39 is 5.97 Å². The molecule has 20 heavy (non-hydrogen) atoms. The van der Waals surface area contributed by atoms with E-state index in [1.807, 2.05) is 0 Å². The van der Waals surface area contributed by atoms with Crippen molar-refractivity contribution >= 4 is 17.7 Å². The molecule has 0 spiro atoms. The van der Waals surface area contributed by atoms with Crippen LogP contribution in [0.2, 0.25) is 0 Å². The smallest absolute Gasteiger partial charge is 0.338 e. The Bertz CT molecular complexity index is 508. The zero-order chi connectivity index (χ0) is 14.5. The SMILES string of the molecule is Cc1cccc(NC(=O)N2CCCNCC2)c1C(=O)O. The molecular weight excluding hydrogens is 258 g/mol. The summed E-state index contributed by atoms with van der Waals surface area (Å²) in [7, 11) is 0. The average molecular weight is 277 g/mol. The number of amides is 2. The molecule has 108 valence electrons. The molecule has 0 unspecified atom stereocenters. The molecule has 1 aliphatic rings. The number of carboxylic acid groups (broad SMARTS) is 1. The molecule has 0 aliphatic carbocycles. The summed E-state index contributed by atoms with van der Waals surface area (Å²) in [6, 6.07) is 4.82. The Labute approximate surface area is 117 Å². The Morgan fingerprint density at radius 1 is 1.30 bits per heavy atom. The highest BCUT2D eigenvalue weighted by Crippen LogP contribution is 2.20. The quantitative estimate of drug-likeness (QED) is 0.765. The number of anilines is 1. The van der Waals surface area contributed by atoms with Crippen molar-refractivity contribution in [1.82, 2.24) is 10.2 Å². The van der Waals surface area contributed by atoms with Gasteiger partial charge < -0.3 is 20.6 Å². The van der Waals surface area contributed by atoms with E-state index in [4.69, 9.17) is 0 Å². The molecule has 0 aromatic heterocycles. The second kappa shape index (κ2) is 6.38. The number of rotatable bonds is 2. The second-order valence-electron chi connectivity index (χ2n) is 4.82. The summed E-state index contributed by atoms with van der Waals surface area (Å²) in [5, 5.41) is 15.2. The van der Waals surface area contributed by atoms with E-state index in [-0.39, 0.29) is 11.6 Å². The van der Waals surface area contributed by atoms with Crippen LogP contribution >= 0.6 is 0 Å². The van der Waals surface area contributed by atoms with Crippen molar-refractivity contribution in [2.24, 2.45) is 0 Å². The van der Waals surface area contributed by atoms with Crippen LogP contribution in [0.4, 0.5) is 10.5 Å². The van der Waals surface area contributed by atoms with E-state index >= 15 is 0 Å². The third-order valence-electron chi connectivity index (χ3n) is 3.36. The van der Waals surface area contributed by atoms with E-state index in [9.17, 15) is 14.7 Å². The first kappa shape index (κ1) is 14.3. The van der Waals surface area contributed by atoms with Crippen LogP contribution in [0.15, 0.2) is 18.2 Å². The van der Waals surface area contributed by atoms with Gasteiger partial charge in [-0.2, -0.15) is 0 Å². The van der Waals surface area contributed by atoms with Gasteiger partial charge in [0.05, 0.1) is 11.3 Å². The van der Waals surface area contributed by atoms with E-state index in [1.54, 1.807) is 30.0 Å². The van der Waals surface area contributed by atoms with Gasteiger partial charge in [0.15, 0.2) is 0 Å². The lowest BCUT2D eigenvalue weighted by atomic mass is 10.1. The standard InChI is InChI=1S/C14H19N3O3/c1-10-4-2-5-11(12(10)13(18)19)16-14(20)17-8-3-6-15-7-9-17/h2,4-5,15H,3,6-9H2,1H3,(H,16,20)(H,18,19). The topological polar surface area (TPSA) is 81.7 Å². The molecular formula is C14H19N3O3. The maximum absolute atomic E-state index is 12.2. The molecule has 6 heteroatoms. The van der Waals surface area contributed by atoms with Crippen molar-refractivity contribution in [2.75, 3.05) is 31.5 Å². The summed E-state index contributed by atoms with van der Waals surface area (Å²) in [5.74, 6) is -1.03. The molecule has 2 amide bonds. The lowest BCUT2D eigenvalue weighted by Crippen LogP contribution is -2.37. The third-order valence-corrected chi connectivity index (χ3v) is 3.36. The molecule has 1 aromatic carbocycles. The fraction of sp³-hybridized carbons (Fsp3) is 0.429. The predicted molar refractivity (Wildman–Crippen MR) is 76.2 cm³/mol. The van der Waals surface area contributed by atoms with Gasteiger partial charge in [0.2, 0.25) is 0 Å². The minimum Gasteiger partial charge on any atom is -0.478 e. The van der Waals surface area contributed by atoms with Crippen LogP contribution in [-0.4, -0.2) is 48.2 Å². The predicted octanol–water partition coefficient (Wildman–Crippen LogP) is 1.52. The number of nitrogens with one attached hydrogen (secondary N) is 2. The van der Waals surface area contributed by atoms with Crippen LogP contribution in [-0.2, 0) is 0 Å². The van der Waals surface area contributed by atoms with Crippen LogP contribution in [0, 0.1) is 6.92 Å². The average Bonchev–Trinajstić information content (AvgIpc) is 2.67. The molecule has 1 heterocycles. The number of urea groups is 1. The van der Waals surface area contributed by atoms with E-state index in [1.165, 1.54) is 0 Å². The Kier molecular flexibility index (Phi) is 4.57. The van der Waals surface area contributed by atoms with Gasteiger partial charge in [0, 0.05) is 19.6 Å². The minimum atomic E-state index is -1.03. The fourth-order valence-electron chi connectivity index (χ4n) is 2.30. The Morgan fingerprint density at radius 2 is 2.10 bits per heavy atom. The second-order valence-corrected chi connectivity index (χ2v) is 4.82. The Balaban J connectivity index is 2.15. The zero-order valence-corrected chi connectivity index (χ0v) is 11.5. The first-order valence-corrected chi connectivity index (χ1v) is 6.69. The van der Waals surface area contributed by atoms with Crippen LogP contribution in [0.1, 0.15) is 22.3 Å². The van der Waals surface area contributed by atoms with E-state index in [0.29, 0.717) is 24.3 Å². The molecule has 1 fully saturated rings. The van der Waals surface area contributed by atoms with Gasteiger partial charge in [0.25, 0.3) is 0 Å². The number of aryl methyl sites for hydroxylation is 1. The molecule has 0 bridgehead atoms. The lowest BCUT2D eigenvalue weighted by Gasteiger charge is -2.21. The van der Waals surface area contributed by atoms with Crippen LogP contribution in [0.3, 0.4) is 0 Å². The Hall–Kier alpha value is -2.08. The van der Waals surface area contributed by atoms with Gasteiger partial charge in [-0.3, -0.25) is 0 Å². The normalized spacial score (nSPS) is 15.6. The number of hydrogen-bond acceptors (Lipinski definition) is 3. The summed E-state index contributed by atoms with van der Waals surface area (Å²) >= 11 is 0. The molecule has 0 radical (unpaired) electrons. The van der Waals surface area contributed by atoms with Crippen molar-refractivity contribution in [1.29, 1.82) is 0 Å². The summed E-state index contributed by atoms with van der Waals surface area (Å²) in [6.45, 7) is 4.67. The number of aromatic carboxylic acids is 1. The molecule has 2 rings (SSSR count). The molecule has 1 aromatic rings. The van der Waals surface area contributed by atoms with Crippen LogP contribution in [0.25, 0.3) is 0 Å². The summed E-state index contributed by atoms with van der Waals surface area (Å²) < 4.78 is 0. The maximum atomic E-state index is 12.2. The van der Waals surface area contributed by atoms with Crippen molar-refractivity contribution in [3.05, 3.63) is 29.3 Å². The van der Waals surface area contributed by atoms with E-state index in [2.05, 4.69) is 10.6 Å². The molecule has 0 atom stereocenters. The first-order chi connectivity index (χ1) is 9.59. The lowest BCUT2D eigenvalue weighted by molar-refractivity contribution is 0.0697. The maximum Gasteiger partial charge on any atom is 0.338 e. The van der Waals surface area contributed by atoms with Crippen molar-refractivity contribution < 1.29 is 14.7 Å². The number of carbonyl (C=O) groups excluding carboxylic acids is 1. The monoisotopic (exact) mass is 277 g/mol. The number of benzene rings is 1. The number of hydrogen-bond donors (Lipinski definition) is 3. The summed E-state index contributed by atoms with van der Waals surface area (Å²) in [4.78, 5) is 25.2. The largest absolute Gasteiger partial charge is 0.478 e. The van der Waals surface area contributed by atoms with Crippen LogP contribution < -0.4 is 10.6 Å². The van der Waals surface area contributed by atoms with Gasteiger partial charge in [0.1, 0.15) is 0 Å². The highest BCUT2D eigenvalue weighted by atomic mass is 16.4. The Morgan fingerprint density at radius 3 is 2.85 bits per heavy atom. The minimum absolute atomic E-state index is 0.147.